The summed E-state index contributed by atoms with van der Waals surface area (Å²) in [4.78, 5) is 27.3. The molecule has 33 heavy (non-hydrogen) atoms. The van der Waals surface area contributed by atoms with Crippen molar-refractivity contribution >= 4 is 17.6 Å². The van der Waals surface area contributed by atoms with Gasteiger partial charge in [0.15, 0.2) is 0 Å². The van der Waals surface area contributed by atoms with Gasteiger partial charge in [0.05, 0.1) is 6.54 Å². The number of amides is 3. The van der Waals surface area contributed by atoms with E-state index < -0.39 is 0 Å². The van der Waals surface area contributed by atoms with Crippen LogP contribution >= 0.6 is 0 Å². The van der Waals surface area contributed by atoms with E-state index in [1.165, 1.54) is 0 Å². The Bertz CT molecular complexity index is 1100. The fourth-order valence-electron chi connectivity index (χ4n) is 4.13. The van der Waals surface area contributed by atoms with Crippen LogP contribution in [0.3, 0.4) is 0 Å². The summed E-state index contributed by atoms with van der Waals surface area (Å²) in [6, 6.07) is 15.1. The molecule has 2 heterocycles. The van der Waals surface area contributed by atoms with E-state index in [4.69, 9.17) is 0 Å². The number of hydrogen-bond donors (Lipinski definition) is 2. The third-order valence-electron chi connectivity index (χ3n) is 6.24. The molecule has 1 aliphatic rings. The van der Waals surface area contributed by atoms with Crippen LogP contribution in [-0.2, 0) is 13.1 Å². The van der Waals surface area contributed by atoms with Gasteiger partial charge in [-0.1, -0.05) is 31.2 Å². The zero-order chi connectivity index (χ0) is 23.2. The molecule has 0 atom stereocenters. The standard InChI is InChI=1S/C26H31N5O2/c1-19-10-14-30(15-11-19)25(32)21-8-9-24(20(2)16-21)29-26(33)27-17-22-6-3-4-7-23(22)18-31-13-5-12-28-31/h3-9,12-13,16,19H,10-11,14-15,17-18H2,1-2H3,(H2,27,29,33). The van der Waals surface area contributed by atoms with Gasteiger partial charge in [0.1, 0.15) is 0 Å². The number of rotatable bonds is 6. The largest absolute Gasteiger partial charge is 0.339 e. The van der Waals surface area contributed by atoms with Crippen molar-refractivity contribution in [1.82, 2.24) is 20.0 Å². The summed E-state index contributed by atoms with van der Waals surface area (Å²) in [7, 11) is 0. The highest BCUT2D eigenvalue weighted by molar-refractivity contribution is 5.96. The van der Waals surface area contributed by atoms with Crippen molar-refractivity contribution in [3.8, 4) is 0 Å². The van der Waals surface area contributed by atoms with Gasteiger partial charge in [-0.25, -0.2) is 4.79 Å². The molecular formula is C26H31N5O2. The number of carbonyl (C=O) groups is 2. The first kappa shape index (κ1) is 22.6. The fourth-order valence-corrected chi connectivity index (χ4v) is 4.13. The van der Waals surface area contributed by atoms with Gasteiger partial charge in [-0.3, -0.25) is 9.48 Å². The summed E-state index contributed by atoms with van der Waals surface area (Å²) in [5.74, 6) is 0.744. The summed E-state index contributed by atoms with van der Waals surface area (Å²) >= 11 is 0. The average Bonchev–Trinajstić information content (AvgIpc) is 3.33. The highest BCUT2D eigenvalue weighted by atomic mass is 16.2. The lowest BCUT2D eigenvalue weighted by Crippen LogP contribution is -2.37. The van der Waals surface area contributed by atoms with Crippen molar-refractivity contribution in [3.63, 3.8) is 0 Å². The number of likely N-dealkylation sites (tertiary alicyclic amines) is 1. The van der Waals surface area contributed by atoms with Gasteiger partial charge in [0.2, 0.25) is 0 Å². The van der Waals surface area contributed by atoms with E-state index in [0.717, 1.165) is 42.6 Å². The van der Waals surface area contributed by atoms with Crippen LogP contribution in [0.4, 0.5) is 10.5 Å². The number of aromatic nitrogens is 2. The topological polar surface area (TPSA) is 79.3 Å². The Morgan fingerprint density at radius 2 is 1.82 bits per heavy atom. The molecule has 4 rings (SSSR count). The van der Waals surface area contributed by atoms with Crippen molar-refractivity contribution in [2.75, 3.05) is 18.4 Å². The summed E-state index contributed by atoms with van der Waals surface area (Å²) in [5, 5.41) is 10.1. The maximum absolute atomic E-state index is 12.8. The molecule has 0 radical (unpaired) electrons. The Hall–Kier alpha value is -3.61. The van der Waals surface area contributed by atoms with E-state index in [0.29, 0.717) is 30.3 Å². The van der Waals surface area contributed by atoms with E-state index in [2.05, 4.69) is 22.7 Å². The Morgan fingerprint density at radius 1 is 1.06 bits per heavy atom. The summed E-state index contributed by atoms with van der Waals surface area (Å²) < 4.78 is 1.86. The Morgan fingerprint density at radius 3 is 2.52 bits per heavy atom. The first-order valence-electron chi connectivity index (χ1n) is 11.5. The molecule has 1 saturated heterocycles. The summed E-state index contributed by atoms with van der Waals surface area (Å²) in [6.45, 7) is 6.81. The summed E-state index contributed by atoms with van der Waals surface area (Å²) in [6.07, 6.45) is 5.77. The zero-order valence-electron chi connectivity index (χ0n) is 19.3. The molecule has 1 fully saturated rings. The van der Waals surface area contributed by atoms with E-state index in [-0.39, 0.29) is 11.9 Å². The SMILES string of the molecule is Cc1cc(C(=O)N2CCC(C)CC2)ccc1NC(=O)NCc1ccccc1Cn1cccn1. The van der Waals surface area contributed by atoms with Crippen molar-refractivity contribution in [1.29, 1.82) is 0 Å². The molecule has 7 heteroatoms. The van der Waals surface area contributed by atoms with Crippen molar-refractivity contribution in [2.45, 2.75) is 39.8 Å². The molecule has 3 amide bonds. The molecule has 1 aliphatic heterocycles. The molecule has 0 bridgehead atoms. The third kappa shape index (κ3) is 5.80. The van der Waals surface area contributed by atoms with E-state index >= 15 is 0 Å². The van der Waals surface area contributed by atoms with Gasteiger partial charge < -0.3 is 15.5 Å². The number of nitrogens with one attached hydrogen (secondary N) is 2. The van der Waals surface area contributed by atoms with Crippen LogP contribution in [0.1, 0.15) is 46.8 Å². The van der Waals surface area contributed by atoms with Crippen molar-refractivity contribution < 1.29 is 9.59 Å². The van der Waals surface area contributed by atoms with Crippen LogP contribution < -0.4 is 10.6 Å². The minimum atomic E-state index is -0.281. The second kappa shape index (κ2) is 10.3. The van der Waals surface area contributed by atoms with Gasteiger partial charge in [-0.2, -0.15) is 5.10 Å². The molecule has 7 nitrogen and oxygen atoms in total. The Kier molecular flexibility index (Phi) is 7.07. The van der Waals surface area contributed by atoms with Gasteiger partial charge >= 0.3 is 6.03 Å². The number of benzene rings is 2. The Labute approximate surface area is 194 Å². The Balaban J connectivity index is 1.34. The fraction of sp³-hybridized carbons (Fsp3) is 0.346. The molecule has 2 aromatic carbocycles. The predicted molar refractivity (Wildman–Crippen MR) is 129 cm³/mol. The lowest BCUT2D eigenvalue weighted by molar-refractivity contribution is 0.0697. The normalized spacial score (nSPS) is 14.2. The zero-order valence-corrected chi connectivity index (χ0v) is 19.3. The maximum atomic E-state index is 12.8. The number of carbonyl (C=O) groups excluding carboxylic acids is 2. The number of piperidine rings is 1. The number of hydrogen-bond acceptors (Lipinski definition) is 3. The van der Waals surface area contributed by atoms with E-state index in [9.17, 15) is 9.59 Å². The number of urea groups is 1. The van der Waals surface area contributed by atoms with Crippen molar-refractivity contribution in [2.24, 2.45) is 5.92 Å². The highest BCUT2D eigenvalue weighted by Gasteiger charge is 2.21. The minimum absolute atomic E-state index is 0.0646. The smallest absolute Gasteiger partial charge is 0.319 e. The average molecular weight is 446 g/mol. The highest BCUT2D eigenvalue weighted by Crippen LogP contribution is 2.21. The molecule has 3 aromatic rings. The van der Waals surface area contributed by atoms with Gasteiger partial charge in [-0.05, 0) is 66.6 Å². The number of nitrogens with zero attached hydrogens (tertiary/aromatic N) is 3. The second-order valence-corrected chi connectivity index (χ2v) is 8.78. The molecule has 172 valence electrons. The van der Waals surface area contributed by atoms with Gasteiger partial charge in [-0.15, -0.1) is 0 Å². The van der Waals surface area contributed by atoms with Crippen LogP contribution in [0.25, 0.3) is 0 Å². The molecule has 0 aliphatic carbocycles. The first-order chi connectivity index (χ1) is 16.0. The van der Waals surface area contributed by atoms with Gasteiger partial charge in [0.25, 0.3) is 5.91 Å². The van der Waals surface area contributed by atoms with Crippen LogP contribution in [0.2, 0.25) is 0 Å². The number of aryl methyl sites for hydroxylation is 1. The molecule has 1 aromatic heterocycles. The quantitative estimate of drug-likeness (QED) is 0.589. The van der Waals surface area contributed by atoms with Gasteiger partial charge in [0, 0.05) is 43.3 Å². The van der Waals surface area contributed by atoms with Crippen LogP contribution in [0, 0.1) is 12.8 Å². The predicted octanol–water partition coefficient (Wildman–Crippen LogP) is 4.43. The third-order valence-corrected chi connectivity index (χ3v) is 6.24. The van der Waals surface area contributed by atoms with Crippen LogP contribution in [0.5, 0.6) is 0 Å². The summed E-state index contributed by atoms with van der Waals surface area (Å²) in [5.41, 5.74) is 4.37. The molecular weight excluding hydrogens is 414 g/mol. The molecule has 2 N–H and O–H groups in total. The van der Waals surface area contributed by atoms with E-state index in [1.54, 1.807) is 18.3 Å². The molecule has 0 saturated carbocycles. The number of anilines is 1. The minimum Gasteiger partial charge on any atom is -0.339 e. The van der Waals surface area contributed by atoms with Crippen LogP contribution in [0.15, 0.2) is 60.9 Å². The lowest BCUT2D eigenvalue weighted by atomic mass is 9.98. The van der Waals surface area contributed by atoms with Crippen LogP contribution in [-0.4, -0.2) is 39.7 Å². The van der Waals surface area contributed by atoms with Crippen molar-refractivity contribution in [3.05, 3.63) is 83.2 Å². The van der Waals surface area contributed by atoms with E-state index in [1.807, 2.05) is 59.1 Å². The first-order valence-corrected chi connectivity index (χ1v) is 11.5. The molecule has 0 unspecified atom stereocenters. The monoisotopic (exact) mass is 445 g/mol. The second-order valence-electron chi connectivity index (χ2n) is 8.78. The maximum Gasteiger partial charge on any atom is 0.319 e. The molecule has 0 spiro atoms. The lowest BCUT2D eigenvalue weighted by Gasteiger charge is -2.30.